The first-order valence-electron chi connectivity index (χ1n) is 6.35. The van der Waals surface area contributed by atoms with Crippen LogP contribution in [0.4, 0.5) is 0 Å². The number of carbonyl (C=O) groups is 1. The normalized spacial score (nSPS) is 22.0. The Morgan fingerprint density at radius 1 is 1.44 bits per heavy atom. The van der Waals surface area contributed by atoms with Crippen LogP contribution in [0, 0.1) is 5.41 Å². The van der Waals surface area contributed by atoms with Gasteiger partial charge in [0.15, 0.2) is 0 Å². The van der Waals surface area contributed by atoms with Crippen molar-refractivity contribution in [1.29, 1.82) is 0 Å². The second-order valence-electron chi connectivity index (χ2n) is 5.28. The fourth-order valence-corrected chi connectivity index (χ4v) is 2.57. The van der Waals surface area contributed by atoms with Gasteiger partial charge in [-0.1, -0.05) is 20.3 Å². The molecule has 0 aromatic rings. The van der Waals surface area contributed by atoms with Crippen molar-refractivity contribution in [2.45, 2.75) is 45.6 Å². The van der Waals surface area contributed by atoms with E-state index >= 15 is 0 Å². The minimum absolute atomic E-state index is 0.179. The van der Waals surface area contributed by atoms with Crippen LogP contribution < -0.4 is 0 Å². The number of hydrogen-bond donors (Lipinski definition) is 0. The Labute approximate surface area is 99.1 Å². The second-order valence-corrected chi connectivity index (χ2v) is 5.28. The van der Waals surface area contributed by atoms with Crippen molar-refractivity contribution in [1.82, 2.24) is 4.90 Å². The van der Waals surface area contributed by atoms with Gasteiger partial charge in [-0.2, -0.15) is 0 Å². The van der Waals surface area contributed by atoms with E-state index < -0.39 is 0 Å². The van der Waals surface area contributed by atoms with Gasteiger partial charge >= 0.3 is 0 Å². The summed E-state index contributed by atoms with van der Waals surface area (Å²) in [5.74, 6) is 0. The van der Waals surface area contributed by atoms with Crippen molar-refractivity contribution < 1.29 is 9.53 Å². The van der Waals surface area contributed by atoms with Gasteiger partial charge in [0, 0.05) is 31.2 Å². The molecule has 1 rings (SSSR count). The third-order valence-electron chi connectivity index (χ3n) is 3.53. The predicted octanol–water partition coefficient (Wildman–Crippen LogP) is 2.10. The topological polar surface area (TPSA) is 29.5 Å². The summed E-state index contributed by atoms with van der Waals surface area (Å²) in [6, 6.07) is 0.588. The number of ether oxygens (including phenoxy) is 1. The average Bonchev–Trinajstić information content (AvgIpc) is 2.30. The molecule has 0 amide bonds. The van der Waals surface area contributed by atoms with E-state index in [9.17, 15) is 4.79 Å². The number of nitrogens with zero attached hydrogens (tertiary/aromatic N) is 1. The lowest BCUT2D eigenvalue weighted by atomic mass is 9.86. The summed E-state index contributed by atoms with van der Waals surface area (Å²) in [5, 5.41) is 0. The first kappa shape index (κ1) is 13.7. The van der Waals surface area contributed by atoms with Crippen LogP contribution in [0.3, 0.4) is 0 Å². The maximum absolute atomic E-state index is 11.2. The van der Waals surface area contributed by atoms with E-state index in [1.165, 1.54) is 0 Å². The summed E-state index contributed by atoms with van der Waals surface area (Å²) >= 11 is 0. The molecule has 0 saturated carbocycles. The van der Waals surface area contributed by atoms with Crippen LogP contribution in [-0.2, 0) is 9.53 Å². The molecular formula is C13H25NO2. The standard InChI is InChI=1S/C13H25NO2/c1-4-7-13(2,11-15)10-14(3)12-5-8-16-9-6-12/h11-12H,4-10H2,1-3H3. The van der Waals surface area contributed by atoms with E-state index in [0.29, 0.717) is 6.04 Å². The maximum Gasteiger partial charge on any atom is 0.127 e. The lowest BCUT2D eigenvalue weighted by Crippen LogP contribution is -2.43. The van der Waals surface area contributed by atoms with Crippen LogP contribution in [0.5, 0.6) is 0 Å². The van der Waals surface area contributed by atoms with Gasteiger partial charge in [0.2, 0.25) is 0 Å². The molecule has 94 valence electrons. The Hall–Kier alpha value is -0.410. The summed E-state index contributed by atoms with van der Waals surface area (Å²) in [7, 11) is 2.13. The minimum atomic E-state index is -0.179. The van der Waals surface area contributed by atoms with Crippen molar-refractivity contribution in [3.63, 3.8) is 0 Å². The molecule has 3 nitrogen and oxygen atoms in total. The summed E-state index contributed by atoms with van der Waals surface area (Å²) in [5.41, 5.74) is -0.179. The van der Waals surface area contributed by atoms with Crippen LogP contribution in [0.2, 0.25) is 0 Å². The third-order valence-corrected chi connectivity index (χ3v) is 3.53. The second kappa shape index (κ2) is 6.36. The first-order valence-corrected chi connectivity index (χ1v) is 6.35. The van der Waals surface area contributed by atoms with Crippen LogP contribution in [0.15, 0.2) is 0 Å². The average molecular weight is 227 g/mol. The summed E-state index contributed by atoms with van der Waals surface area (Å²) in [6.45, 7) is 6.80. The monoisotopic (exact) mass is 227 g/mol. The largest absolute Gasteiger partial charge is 0.381 e. The fraction of sp³-hybridized carbons (Fsp3) is 0.923. The van der Waals surface area contributed by atoms with E-state index in [1.807, 2.05) is 0 Å². The molecule has 1 aliphatic heterocycles. The summed E-state index contributed by atoms with van der Waals surface area (Å²) in [4.78, 5) is 13.5. The van der Waals surface area contributed by atoms with Crippen LogP contribution in [0.25, 0.3) is 0 Å². The molecule has 3 heteroatoms. The Bertz CT molecular complexity index is 214. The highest BCUT2D eigenvalue weighted by molar-refractivity contribution is 5.59. The zero-order valence-corrected chi connectivity index (χ0v) is 10.9. The number of hydrogen-bond acceptors (Lipinski definition) is 3. The molecule has 0 bridgehead atoms. The van der Waals surface area contributed by atoms with Crippen molar-refractivity contribution in [3.05, 3.63) is 0 Å². The molecule has 16 heavy (non-hydrogen) atoms. The lowest BCUT2D eigenvalue weighted by molar-refractivity contribution is -0.117. The van der Waals surface area contributed by atoms with E-state index in [2.05, 4.69) is 25.8 Å². The van der Waals surface area contributed by atoms with Crippen molar-refractivity contribution in [3.8, 4) is 0 Å². The van der Waals surface area contributed by atoms with E-state index in [4.69, 9.17) is 4.74 Å². The fourth-order valence-electron chi connectivity index (χ4n) is 2.57. The van der Waals surface area contributed by atoms with Crippen LogP contribution in [-0.4, -0.2) is 44.0 Å². The smallest absolute Gasteiger partial charge is 0.127 e. The predicted molar refractivity (Wildman–Crippen MR) is 65.6 cm³/mol. The zero-order chi connectivity index (χ0) is 12.0. The van der Waals surface area contributed by atoms with Gasteiger partial charge in [-0.15, -0.1) is 0 Å². The van der Waals surface area contributed by atoms with Gasteiger partial charge in [-0.05, 0) is 26.3 Å². The summed E-state index contributed by atoms with van der Waals surface area (Å²) < 4.78 is 5.36. The third kappa shape index (κ3) is 3.87. The van der Waals surface area contributed by atoms with Gasteiger partial charge in [0.25, 0.3) is 0 Å². The zero-order valence-electron chi connectivity index (χ0n) is 10.9. The van der Waals surface area contributed by atoms with Crippen molar-refractivity contribution in [2.75, 3.05) is 26.8 Å². The molecule has 1 saturated heterocycles. The molecule has 0 aromatic carbocycles. The van der Waals surface area contributed by atoms with E-state index in [0.717, 1.165) is 51.7 Å². The minimum Gasteiger partial charge on any atom is -0.381 e. The van der Waals surface area contributed by atoms with Gasteiger partial charge in [0.05, 0.1) is 0 Å². The van der Waals surface area contributed by atoms with Gasteiger partial charge in [-0.25, -0.2) is 0 Å². The molecular weight excluding hydrogens is 202 g/mol. The van der Waals surface area contributed by atoms with Gasteiger partial charge in [-0.3, -0.25) is 0 Å². The molecule has 1 atom stereocenters. The highest BCUT2D eigenvalue weighted by Gasteiger charge is 2.28. The van der Waals surface area contributed by atoms with Crippen LogP contribution >= 0.6 is 0 Å². The quantitative estimate of drug-likeness (QED) is 0.651. The molecule has 0 radical (unpaired) electrons. The molecule has 1 heterocycles. The van der Waals surface area contributed by atoms with Gasteiger partial charge in [0.1, 0.15) is 6.29 Å². The Balaban J connectivity index is 2.46. The highest BCUT2D eigenvalue weighted by atomic mass is 16.5. The number of rotatable bonds is 6. The Morgan fingerprint density at radius 2 is 2.06 bits per heavy atom. The van der Waals surface area contributed by atoms with Gasteiger partial charge < -0.3 is 14.4 Å². The Kier molecular flexibility index (Phi) is 5.42. The maximum atomic E-state index is 11.2. The van der Waals surface area contributed by atoms with Crippen LogP contribution in [0.1, 0.15) is 39.5 Å². The number of aldehydes is 1. The molecule has 1 fully saturated rings. The Morgan fingerprint density at radius 3 is 2.56 bits per heavy atom. The highest BCUT2D eigenvalue weighted by Crippen LogP contribution is 2.24. The molecule has 1 unspecified atom stereocenters. The van der Waals surface area contributed by atoms with Crippen molar-refractivity contribution >= 4 is 6.29 Å². The molecule has 1 aliphatic rings. The molecule has 0 N–H and O–H groups in total. The van der Waals surface area contributed by atoms with E-state index in [1.54, 1.807) is 0 Å². The molecule has 0 spiro atoms. The van der Waals surface area contributed by atoms with E-state index in [-0.39, 0.29) is 5.41 Å². The number of carbonyl (C=O) groups excluding carboxylic acids is 1. The lowest BCUT2D eigenvalue weighted by Gasteiger charge is -2.36. The SMILES string of the molecule is CCCC(C)(C=O)CN(C)C1CCOCC1. The molecule has 0 aliphatic carbocycles. The summed E-state index contributed by atoms with van der Waals surface area (Å²) in [6.07, 6.45) is 5.36. The first-order chi connectivity index (χ1) is 7.61. The molecule has 0 aromatic heterocycles. The van der Waals surface area contributed by atoms with Crippen molar-refractivity contribution in [2.24, 2.45) is 5.41 Å².